The Hall–Kier alpha value is -2.34. The summed E-state index contributed by atoms with van der Waals surface area (Å²) >= 11 is 0. The molecule has 1 N–H and O–H groups in total. The summed E-state index contributed by atoms with van der Waals surface area (Å²) in [5, 5.41) is 10.1. The van der Waals surface area contributed by atoms with Gasteiger partial charge >= 0.3 is 0 Å². The van der Waals surface area contributed by atoms with Crippen LogP contribution in [0.3, 0.4) is 0 Å². The molecule has 30 heavy (non-hydrogen) atoms. The van der Waals surface area contributed by atoms with Gasteiger partial charge in [-0.15, -0.1) is 12.4 Å². The highest BCUT2D eigenvalue weighted by atomic mass is 35.5. The van der Waals surface area contributed by atoms with Gasteiger partial charge in [0.1, 0.15) is 22.5 Å². The number of hydrogen-bond acceptors (Lipinski definition) is 5. The second kappa shape index (κ2) is 10.6. The zero-order chi connectivity index (χ0) is 20.1. The first-order valence-electron chi connectivity index (χ1n) is 10.4. The van der Waals surface area contributed by atoms with E-state index in [-0.39, 0.29) is 23.9 Å². The summed E-state index contributed by atoms with van der Waals surface area (Å²) in [5.74, 6) is 1.14. The summed E-state index contributed by atoms with van der Waals surface area (Å²) in [6.07, 6.45) is 3.56. The first-order valence-corrected chi connectivity index (χ1v) is 10.4. The van der Waals surface area contributed by atoms with Crippen molar-refractivity contribution in [3.05, 3.63) is 64.8 Å². The lowest BCUT2D eigenvalue weighted by atomic mass is 10.1. The Kier molecular flexibility index (Phi) is 7.91. The Morgan fingerprint density at radius 2 is 1.80 bits per heavy atom. The number of hydrogen-bond donors (Lipinski definition) is 1. The lowest BCUT2D eigenvalue weighted by Gasteiger charge is -2.29. The molecule has 2 aromatic carbocycles. The zero-order valence-electron chi connectivity index (χ0n) is 17.0. The van der Waals surface area contributed by atoms with Gasteiger partial charge in [-0.2, -0.15) is 0 Å². The van der Waals surface area contributed by atoms with E-state index in [0.717, 1.165) is 50.9 Å². The van der Waals surface area contributed by atoms with Gasteiger partial charge < -0.3 is 19.2 Å². The number of fused-ring (bicyclic) bond motifs is 1. The number of rotatable bonds is 7. The molecule has 160 valence electrons. The molecule has 0 amide bonds. The number of likely N-dealkylation sites (tertiary alicyclic amines) is 1. The monoisotopic (exact) mass is 429 g/mol. The van der Waals surface area contributed by atoms with E-state index >= 15 is 0 Å². The molecule has 1 saturated heterocycles. The van der Waals surface area contributed by atoms with E-state index in [2.05, 4.69) is 4.90 Å². The molecule has 0 atom stereocenters. The third kappa shape index (κ3) is 5.42. The molecule has 3 aromatic rings. The average molecular weight is 430 g/mol. The van der Waals surface area contributed by atoms with Gasteiger partial charge in [0.25, 0.3) is 0 Å². The second-order valence-electron chi connectivity index (χ2n) is 7.60. The highest BCUT2D eigenvalue weighted by Gasteiger charge is 2.16. The molecule has 6 heteroatoms. The topological polar surface area (TPSA) is 62.9 Å². The highest BCUT2D eigenvalue weighted by molar-refractivity contribution is 5.85. The van der Waals surface area contributed by atoms with Gasteiger partial charge in [0.2, 0.25) is 0 Å². The first kappa shape index (κ1) is 22.3. The van der Waals surface area contributed by atoms with Gasteiger partial charge in [-0.05, 0) is 44.4 Å². The van der Waals surface area contributed by atoms with Crippen molar-refractivity contribution in [1.82, 2.24) is 4.90 Å². The maximum atomic E-state index is 12.7. The summed E-state index contributed by atoms with van der Waals surface area (Å²) < 4.78 is 11.9. The number of aliphatic hydroxyl groups excluding tert-OH is 1. The largest absolute Gasteiger partial charge is 0.493 e. The lowest BCUT2D eigenvalue weighted by molar-refractivity contribution is 0.0812. The molecule has 1 aromatic heterocycles. The molecule has 1 fully saturated rings. The average Bonchev–Trinajstić information content (AvgIpc) is 2.75. The van der Waals surface area contributed by atoms with Crippen molar-refractivity contribution >= 4 is 23.4 Å². The minimum Gasteiger partial charge on any atom is -0.493 e. The van der Waals surface area contributed by atoms with Crippen molar-refractivity contribution in [3.63, 3.8) is 0 Å². The number of ether oxygens (including phenoxy) is 1. The lowest BCUT2D eigenvalue weighted by Crippen LogP contribution is -2.36. The number of aliphatic hydroxyl groups is 1. The van der Waals surface area contributed by atoms with Crippen LogP contribution >= 0.6 is 12.4 Å². The number of unbranched alkanes of at least 4 members (excludes halogenated alkanes) is 1. The standard InChI is InChI=1S/C24H27NO4.ClH/c26-19-11-14-25(15-12-19)13-4-5-16-28-21-9-6-10-22-24(21)20(27)17-23(29-22)18-7-2-1-3-8-18;/h1-3,6-10,17,19,26H,4-5,11-16H2;1H. The normalized spacial score (nSPS) is 15.1. The predicted octanol–water partition coefficient (Wildman–Crippen LogP) is 4.50. The molecule has 0 saturated carbocycles. The smallest absolute Gasteiger partial charge is 0.197 e. The fourth-order valence-corrected chi connectivity index (χ4v) is 3.81. The third-order valence-electron chi connectivity index (χ3n) is 5.46. The molecule has 0 radical (unpaired) electrons. The maximum Gasteiger partial charge on any atom is 0.197 e. The van der Waals surface area contributed by atoms with Crippen LogP contribution in [0.25, 0.3) is 22.3 Å². The van der Waals surface area contributed by atoms with Crippen LogP contribution in [-0.4, -0.2) is 42.4 Å². The number of halogens is 1. The molecule has 0 aliphatic carbocycles. The Morgan fingerprint density at radius 3 is 2.57 bits per heavy atom. The SMILES string of the molecule is Cl.O=c1cc(-c2ccccc2)oc2cccc(OCCCCN3CCC(O)CC3)c12. The molecule has 5 nitrogen and oxygen atoms in total. The van der Waals surface area contributed by atoms with Crippen molar-refractivity contribution in [2.75, 3.05) is 26.2 Å². The van der Waals surface area contributed by atoms with Crippen molar-refractivity contribution < 1.29 is 14.3 Å². The fourth-order valence-electron chi connectivity index (χ4n) is 3.81. The third-order valence-corrected chi connectivity index (χ3v) is 5.46. The van der Waals surface area contributed by atoms with Gasteiger partial charge in [0.05, 0.1) is 12.7 Å². The van der Waals surface area contributed by atoms with Crippen molar-refractivity contribution in [2.24, 2.45) is 0 Å². The molecule has 1 aliphatic rings. The zero-order valence-corrected chi connectivity index (χ0v) is 17.8. The van der Waals surface area contributed by atoms with Crippen LogP contribution in [0.5, 0.6) is 5.75 Å². The van der Waals surface area contributed by atoms with Gasteiger partial charge in [-0.1, -0.05) is 36.4 Å². The number of piperidine rings is 1. The Labute approximate surface area is 182 Å². The van der Waals surface area contributed by atoms with E-state index < -0.39 is 0 Å². The number of nitrogens with zero attached hydrogens (tertiary/aromatic N) is 1. The fraction of sp³-hybridized carbons (Fsp3) is 0.375. The van der Waals surface area contributed by atoms with Crippen LogP contribution in [0, 0.1) is 0 Å². The van der Waals surface area contributed by atoms with E-state index in [4.69, 9.17) is 9.15 Å². The van der Waals surface area contributed by atoms with Crippen LogP contribution < -0.4 is 10.2 Å². The summed E-state index contributed by atoms with van der Waals surface area (Å²) in [6, 6.07) is 16.7. The van der Waals surface area contributed by atoms with Gasteiger partial charge in [-0.25, -0.2) is 0 Å². The molecular weight excluding hydrogens is 402 g/mol. The van der Waals surface area contributed by atoms with Crippen LogP contribution in [0.2, 0.25) is 0 Å². The van der Waals surface area contributed by atoms with E-state index in [1.54, 1.807) is 6.07 Å². The maximum absolute atomic E-state index is 12.7. The van der Waals surface area contributed by atoms with Crippen molar-refractivity contribution in [2.45, 2.75) is 31.8 Å². The van der Waals surface area contributed by atoms with Crippen LogP contribution in [0.15, 0.2) is 63.8 Å². The molecule has 2 heterocycles. The molecule has 0 bridgehead atoms. The van der Waals surface area contributed by atoms with E-state index in [0.29, 0.717) is 29.1 Å². The summed E-state index contributed by atoms with van der Waals surface area (Å²) in [6.45, 7) is 3.52. The van der Waals surface area contributed by atoms with Crippen LogP contribution in [0.1, 0.15) is 25.7 Å². The van der Waals surface area contributed by atoms with E-state index in [1.807, 2.05) is 42.5 Å². The van der Waals surface area contributed by atoms with Gasteiger partial charge in [0.15, 0.2) is 5.43 Å². The quantitative estimate of drug-likeness (QED) is 0.560. The summed E-state index contributed by atoms with van der Waals surface area (Å²) in [4.78, 5) is 15.1. The minimum atomic E-state index is -0.130. The summed E-state index contributed by atoms with van der Waals surface area (Å²) in [7, 11) is 0. The second-order valence-corrected chi connectivity index (χ2v) is 7.60. The predicted molar refractivity (Wildman–Crippen MR) is 122 cm³/mol. The van der Waals surface area contributed by atoms with E-state index in [1.165, 1.54) is 6.07 Å². The Balaban J connectivity index is 0.00000256. The Bertz CT molecular complexity index is 997. The summed E-state index contributed by atoms with van der Waals surface area (Å²) in [5.41, 5.74) is 1.33. The first-order chi connectivity index (χ1) is 14.2. The van der Waals surface area contributed by atoms with Gasteiger partial charge in [0, 0.05) is 24.7 Å². The minimum absolute atomic E-state index is 0. The Morgan fingerprint density at radius 1 is 1.03 bits per heavy atom. The van der Waals surface area contributed by atoms with Crippen LogP contribution in [0.4, 0.5) is 0 Å². The number of benzene rings is 2. The molecular formula is C24H28ClNO4. The van der Waals surface area contributed by atoms with Crippen molar-refractivity contribution in [3.8, 4) is 17.1 Å². The van der Waals surface area contributed by atoms with Crippen molar-refractivity contribution in [1.29, 1.82) is 0 Å². The van der Waals surface area contributed by atoms with Crippen LogP contribution in [-0.2, 0) is 0 Å². The molecule has 4 rings (SSSR count). The molecule has 0 unspecified atom stereocenters. The van der Waals surface area contributed by atoms with Gasteiger partial charge in [-0.3, -0.25) is 4.79 Å². The van der Waals surface area contributed by atoms with E-state index in [9.17, 15) is 9.90 Å². The molecule has 1 aliphatic heterocycles. The molecule has 0 spiro atoms. The highest BCUT2D eigenvalue weighted by Crippen LogP contribution is 2.27.